The lowest BCUT2D eigenvalue weighted by Crippen LogP contribution is -2.56. The number of rotatable bonds is 5. The summed E-state index contributed by atoms with van der Waals surface area (Å²) in [5.74, 6) is 0.923. The molecule has 1 spiro atoms. The highest BCUT2D eigenvalue weighted by atomic mass is 32.2. The first-order chi connectivity index (χ1) is 22.5. The summed E-state index contributed by atoms with van der Waals surface area (Å²) in [6.07, 6.45) is 6.89. The van der Waals surface area contributed by atoms with E-state index in [1.807, 2.05) is 55.6 Å². The first-order valence-electron chi connectivity index (χ1n) is 16.9. The molecule has 0 bridgehead atoms. The number of hydrogen-bond acceptors (Lipinski definition) is 10. The van der Waals surface area contributed by atoms with Crippen LogP contribution >= 0.6 is 0 Å². The molecular weight excluding hydrogens is 619 g/mol. The summed E-state index contributed by atoms with van der Waals surface area (Å²) in [7, 11) is 0. The van der Waals surface area contributed by atoms with Gasteiger partial charge < -0.3 is 23.8 Å². The molecule has 47 heavy (non-hydrogen) atoms. The fourth-order valence-electron chi connectivity index (χ4n) is 7.65. The molecule has 7 rings (SSSR count). The first-order valence-corrected chi connectivity index (χ1v) is 18.1. The first kappa shape index (κ1) is 32.5. The molecule has 4 aliphatic heterocycles. The van der Waals surface area contributed by atoms with E-state index >= 15 is 4.39 Å². The van der Waals surface area contributed by atoms with Gasteiger partial charge in [-0.2, -0.15) is 5.26 Å². The topological polar surface area (TPSA) is 127 Å². The summed E-state index contributed by atoms with van der Waals surface area (Å²) in [5.41, 5.74) is 2.51. The number of nitriles is 1. The normalized spacial score (nSPS) is 26.9. The summed E-state index contributed by atoms with van der Waals surface area (Å²) in [5, 5.41) is 14.6. The van der Waals surface area contributed by atoms with Crippen molar-refractivity contribution in [1.29, 1.82) is 5.26 Å². The van der Waals surface area contributed by atoms with Gasteiger partial charge in [0.2, 0.25) is 0 Å². The van der Waals surface area contributed by atoms with E-state index in [0.717, 1.165) is 57.4 Å². The van der Waals surface area contributed by atoms with E-state index < -0.39 is 17.2 Å². The Morgan fingerprint density at radius 3 is 2.62 bits per heavy atom. The van der Waals surface area contributed by atoms with Gasteiger partial charge in [-0.3, -0.25) is 0 Å². The average Bonchev–Trinajstić information content (AvgIpc) is 3.58. The molecule has 11 nitrogen and oxygen atoms in total. The highest BCUT2D eigenvalue weighted by Gasteiger charge is 2.52. The minimum Gasteiger partial charge on any atom is -0.598 e. The Morgan fingerprint density at radius 2 is 1.91 bits per heavy atom. The van der Waals surface area contributed by atoms with Crippen molar-refractivity contribution in [3.05, 3.63) is 35.3 Å². The zero-order chi connectivity index (χ0) is 33.1. The molecule has 6 heterocycles. The number of piperidine rings is 1. The maximum absolute atomic E-state index is 15.5. The van der Waals surface area contributed by atoms with Crippen molar-refractivity contribution in [3.63, 3.8) is 0 Å². The van der Waals surface area contributed by atoms with E-state index in [4.69, 9.17) is 24.5 Å². The zero-order valence-corrected chi connectivity index (χ0v) is 28.8. The standard InChI is InChI=1S/C34H45FN8O3S/c1-21-11-14-42(24-10-9-23(18-36)28(35)27(21)24)32-29-31(43(39-32)26-8-6-7-17-45-26)38-25(19-37-29)41-15-12-34(13-16-41)20-46-22(2)30(34)40-47(44)33(3,4)5/h9-10,19,21-22,26,30,40H,6-8,11-17,20H2,1-5H3/t21-,22-,26-,30+,47-/m0/s1. The number of aromatic nitrogens is 4. The van der Waals surface area contributed by atoms with Crippen molar-refractivity contribution < 1.29 is 18.4 Å². The molecule has 0 aliphatic carbocycles. The molecule has 1 aromatic carbocycles. The number of fused-ring (bicyclic) bond motifs is 2. The molecule has 3 aromatic rings. The number of anilines is 3. The fourth-order valence-corrected chi connectivity index (χ4v) is 8.67. The summed E-state index contributed by atoms with van der Waals surface area (Å²) in [6.45, 7) is 13.5. The van der Waals surface area contributed by atoms with Crippen LogP contribution in [0.2, 0.25) is 0 Å². The maximum Gasteiger partial charge on any atom is 0.183 e. The van der Waals surface area contributed by atoms with Gasteiger partial charge in [0.1, 0.15) is 22.5 Å². The molecule has 252 valence electrons. The largest absolute Gasteiger partial charge is 0.598 e. The van der Waals surface area contributed by atoms with Crippen LogP contribution in [0.4, 0.5) is 21.7 Å². The molecular formula is C34H45FN8O3S. The van der Waals surface area contributed by atoms with E-state index in [9.17, 15) is 9.81 Å². The van der Waals surface area contributed by atoms with E-state index in [-0.39, 0.29) is 40.0 Å². The average molecular weight is 665 g/mol. The van der Waals surface area contributed by atoms with Gasteiger partial charge in [-0.1, -0.05) is 6.92 Å². The molecule has 3 fully saturated rings. The second kappa shape index (κ2) is 12.5. The van der Waals surface area contributed by atoms with Crippen molar-refractivity contribution in [2.24, 2.45) is 5.41 Å². The predicted octanol–water partition coefficient (Wildman–Crippen LogP) is 5.61. The molecule has 0 radical (unpaired) electrons. The third-order valence-electron chi connectivity index (χ3n) is 10.5. The van der Waals surface area contributed by atoms with Crippen LogP contribution < -0.4 is 14.5 Å². The number of benzene rings is 1. The Kier molecular flexibility index (Phi) is 8.62. The summed E-state index contributed by atoms with van der Waals surface area (Å²) in [6, 6.07) is 5.37. The van der Waals surface area contributed by atoms with Gasteiger partial charge in [0.05, 0.1) is 30.5 Å². The number of nitrogens with one attached hydrogen (secondary N) is 1. The lowest BCUT2D eigenvalue weighted by molar-refractivity contribution is -0.0368. The smallest absolute Gasteiger partial charge is 0.183 e. The van der Waals surface area contributed by atoms with Crippen LogP contribution in [-0.4, -0.2) is 74.0 Å². The van der Waals surface area contributed by atoms with Crippen LogP contribution in [0.1, 0.15) is 96.4 Å². The quantitative estimate of drug-likeness (QED) is 0.344. The number of ether oxygens (including phenoxy) is 2. The van der Waals surface area contributed by atoms with Gasteiger partial charge in [-0.25, -0.2) is 19.0 Å². The van der Waals surface area contributed by atoms with E-state index in [2.05, 4.69) is 16.5 Å². The van der Waals surface area contributed by atoms with Crippen LogP contribution in [0, 0.1) is 22.6 Å². The monoisotopic (exact) mass is 664 g/mol. The van der Waals surface area contributed by atoms with Gasteiger partial charge in [-0.05, 0) is 84.3 Å². The van der Waals surface area contributed by atoms with Crippen LogP contribution in [0.5, 0.6) is 0 Å². The minimum absolute atomic E-state index is 0.00919. The zero-order valence-electron chi connectivity index (χ0n) is 28.0. The molecule has 0 unspecified atom stereocenters. The lowest BCUT2D eigenvalue weighted by Gasteiger charge is -2.43. The second-order valence-corrected chi connectivity index (χ2v) is 16.6. The number of nitrogens with zero attached hydrogens (tertiary/aromatic N) is 7. The van der Waals surface area contributed by atoms with Crippen molar-refractivity contribution in [3.8, 4) is 6.07 Å². The molecule has 2 aromatic heterocycles. The minimum atomic E-state index is -1.19. The van der Waals surface area contributed by atoms with Gasteiger partial charge in [0.25, 0.3) is 0 Å². The number of halogens is 1. The molecule has 1 N–H and O–H groups in total. The Morgan fingerprint density at radius 1 is 1.13 bits per heavy atom. The Balaban J connectivity index is 1.21. The maximum atomic E-state index is 15.5. The molecule has 5 atom stereocenters. The lowest BCUT2D eigenvalue weighted by atomic mass is 9.73. The number of hydrogen-bond donors (Lipinski definition) is 1. The highest BCUT2D eigenvalue weighted by Crippen LogP contribution is 2.45. The summed E-state index contributed by atoms with van der Waals surface area (Å²) < 4.78 is 45.8. The SMILES string of the molecule is C[C@@H]1OCC2(CCN(c3cnc4c(N5CC[C@H](C)c6c5ccc(C#N)c6F)nn([C@@H]5CCCCO5)c4n3)CC2)[C@@H]1N[S@@+]([O-])C(C)(C)C. The molecule has 0 saturated carbocycles. The van der Waals surface area contributed by atoms with Crippen LogP contribution in [0.3, 0.4) is 0 Å². The molecule has 4 aliphatic rings. The van der Waals surface area contributed by atoms with Crippen molar-refractivity contribution in [2.45, 2.75) is 102 Å². The van der Waals surface area contributed by atoms with E-state index in [1.54, 1.807) is 6.07 Å². The van der Waals surface area contributed by atoms with Gasteiger partial charge in [-0.15, -0.1) is 9.82 Å². The van der Waals surface area contributed by atoms with Crippen molar-refractivity contribution >= 4 is 39.8 Å². The predicted molar refractivity (Wildman–Crippen MR) is 179 cm³/mol. The third kappa shape index (κ3) is 5.76. The van der Waals surface area contributed by atoms with Crippen LogP contribution in [-0.2, 0) is 20.8 Å². The Bertz CT molecular complexity index is 1670. The van der Waals surface area contributed by atoms with Crippen LogP contribution in [0.15, 0.2) is 18.3 Å². The molecule has 3 saturated heterocycles. The van der Waals surface area contributed by atoms with Gasteiger partial charge in [0.15, 0.2) is 23.2 Å². The van der Waals surface area contributed by atoms with Crippen LogP contribution in [0.25, 0.3) is 11.2 Å². The third-order valence-corrected chi connectivity index (χ3v) is 12.1. The fraction of sp³-hybridized carbons (Fsp3) is 0.647. The molecule has 13 heteroatoms. The molecule has 0 amide bonds. The summed E-state index contributed by atoms with van der Waals surface area (Å²) in [4.78, 5) is 14.4. The second-order valence-electron chi connectivity index (χ2n) is 14.6. The summed E-state index contributed by atoms with van der Waals surface area (Å²) >= 11 is -1.19. The van der Waals surface area contributed by atoms with E-state index in [1.165, 1.54) is 0 Å². The van der Waals surface area contributed by atoms with Gasteiger partial charge in [0, 0.05) is 54.3 Å². The van der Waals surface area contributed by atoms with Crippen molar-refractivity contribution in [1.82, 2.24) is 24.5 Å². The van der Waals surface area contributed by atoms with Crippen molar-refractivity contribution in [2.75, 3.05) is 42.6 Å². The highest BCUT2D eigenvalue weighted by molar-refractivity contribution is 7.90. The van der Waals surface area contributed by atoms with E-state index in [0.29, 0.717) is 48.0 Å². The Labute approximate surface area is 279 Å². The van der Waals surface area contributed by atoms with Gasteiger partial charge >= 0.3 is 0 Å². The Hall–Kier alpha value is -3.02.